The normalized spacial score (nSPS) is 21.4. The molecule has 1 atom stereocenters. The molecule has 2 nitrogen and oxygen atoms in total. The van der Waals surface area contributed by atoms with Gasteiger partial charge < -0.3 is 5.11 Å². The number of nitrogens with zero attached hydrogens (tertiary/aromatic N) is 1. The van der Waals surface area contributed by atoms with Gasteiger partial charge in [-0.05, 0) is 47.2 Å². The van der Waals surface area contributed by atoms with E-state index in [1.807, 2.05) is 12.1 Å². The maximum Gasteiger partial charge on any atom is 0.115 e. The minimum Gasteiger partial charge on any atom is -0.508 e. The first kappa shape index (κ1) is 11.1. The minimum absolute atomic E-state index is 0.393. The summed E-state index contributed by atoms with van der Waals surface area (Å²) in [5.41, 5.74) is 5.66. The highest BCUT2D eigenvalue weighted by Crippen LogP contribution is 2.40. The van der Waals surface area contributed by atoms with Crippen LogP contribution in [0.15, 0.2) is 42.5 Å². The molecular formula is C17H17NO. The maximum absolute atomic E-state index is 9.58. The summed E-state index contributed by atoms with van der Waals surface area (Å²) >= 11 is 0. The molecule has 0 amide bonds. The first-order valence-electron chi connectivity index (χ1n) is 6.94. The zero-order valence-electron chi connectivity index (χ0n) is 10.8. The number of benzene rings is 2. The molecule has 0 bridgehead atoms. The van der Waals surface area contributed by atoms with Crippen molar-refractivity contribution < 1.29 is 5.11 Å². The Balaban J connectivity index is 1.64. The summed E-state index contributed by atoms with van der Waals surface area (Å²) < 4.78 is 0. The molecule has 1 aliphatic carbocycles. The molecule has 0 saturated heterocycles. The number of phenols is 1. The molecule has 0 radical (unpaired) electrons. The number of phenolic OH excluding ortho intramolecular Hbond substituents is 1. The van der Waals surface area contributed by atoms with Crippen molar-refractivity contribution in [2.24, 2.45) is 0 Å². The second-order valence-corrected chi connectivity index (χ2v) is 5.61. The number of aryl methyl sites for hydroxylation is 1. The molecular weight excluding hydrogens is 234 g/mol. The van der Waals surface area contributed by atoms with Crippen LogP contribution < -0.4 is 0 Å². The fourth-order valence-corrected chi connectivity index (χ4v) is 3.54. The van der Waals surface area contributed by atoms with Crippen LogP contribution in [0.1, 0.15) is 34.7 Å². The number of fused-ring (bicyclic) bond motifs is 2. The molecule has 2 aromatic rings. The van der Waals surface area contributed by atoms with Gasteiger partial charge in [-0.25, -0.2) is 0 Å². The van der Waals surface area contributed by atoms with E-state index in [1.165, 1.54) is 28.7 Å². The largest absolute Gasteiger partial charge is 0.508 e. The summed E-state index contributed by atoms with van der Waals surface area (Å²) in [7, 11) is 0. The van der Waals surface area contributed by atoms with Crippen LogP contribution in [-0.2, 0) is 19.5 Å². The van der Waals surface area contributed by atoms with E-state index in [-0.39, 0.29) is 0 Å². The van der Waals surface area contributed by atoms with Crippen LogP contribution in [0.4, 0.5) is 0 Å². The Labute approximate surface area is 113 Å². The van der Waals surface area contributed by atoms with Gasteiger partial charge in [0.25, 0.3) is 0 Å². The number of aromatic hydroxyl groups is 1. The van der Waals surface area contributed by atoms with Gasteiger partial charge in [0, 0.05) is 19.1 Å². The summed E-state index contributed by atoms with van der Waals surface area (Å²) in [5, 5.41) is 9.58. The molecule has 0 spiro atoms. The third-order valence-electron chi connectivity index (χ3n) is 4.48. The summed E-state index contributed by atoms with van der Waals surface area (Å²) in [5.74, 6) is 0.393. The highest BCUT2D eigenvalue weighted by molar-refractivity contribution is 5.41. The van der Waals surface area contributed by atoms with E-state index in [2.05, 4.69) is 35.2 Å². The van der Waals surface area contributed by atoms with Crippen molar-refractivity contribution in [1.82, 2.24) is 4.90 Å². The van der Waals surface area contributed by atoms with Gasteiger partial charge in [-0.1, -0.05) is 30.3 Å². The Morgan fingerprint density at radius 2 is 1.68 bits per heavy atom. The Morgan fingerprint density at radius 1 is 0.947 bits per heavy atom. The third-order valence-corrected chi connectivity index (χ3v) is 4.48. The average Bonchev–Trinajstić information content (AvgIpc) is 3.00. The fourth-order valence-electron chi connectivity index (χ4n) is 3.54. The topological polar surface area (TPSA) is 23.5 Å². The van der Waals surface area contributed by atoms with E-state index in [4.69, 9.17) is 0 Å². The molecule has 4 rings (SSSR count). The molecule has 1 N–H and O–H groups in total. The summed E-state index contributed by atoms with van der Waals surface area (Å²) in [4.78, 5) is 2.56. The van der Waals surface area contributed by atoms with Gasteiger partial charge in [-0.2, -0.15) is 0 Å². The van der Waals surface area contributed by atoms with Crippen molar-refractivity contribution in [1.29, 1.82) is 0 Å². The molecule has 2 aromatic carbocycles. The Hall–Kier alpha value is -1.80. The predicted molar refractivity (Wildman–Crippen MR) is 74.9 cm³/mol. The first-order valence-corrected chi connectivity index (χ1v) is 6.94. The van der Waals surface area contributed by atoms with E-state index in [1.54, 1.807) is 0 Å². The lowest BCUT2D eigenvalue weighted by Crippen LogP contribution is -2.21. The van der Waals surface area contributed by atoms with Crippen LogP contribution in [-0.4, -0.2) is 10.0 Å². The fraction of sp³-hybridized carbons (Fsp3) is 0.294. The molecule has 1 aliphatic heterocycles. The van der Waals surface area contributed by atoms with Crippen LogP contribution in [0.25, 0.3) is 0 Å². The molecule has 0 aromatic heterocycles. The molecule has 1 heterocycles. The third kappa shape index (κ3) is 1.75. The van der Waals surface area contributed by atoms with Crippen LogP contribution in [0.5, 0.6) is 5.75 Å². The van der Waals surface area contributed by atoms with E-state index in [0.717, 1.165) is 19.5 Å². The van der Waals surface area contributed by atoms with E-state index < -0.39 is 0 Å². The highest BCUT2D eigenvalue weighted by atomic mass is 16.3. The lowest BCUT2D eigenvalue weighted by Gasteiger charge is -2.24. The summed E-state index contributed by atoms with van der Waals surface area (Å²) in [6.07, 6.45) is 2.26. The van der Waals surface area contributed by atoms with Gasteiger partial charge in [0.1, 0.15) is 5.75 Å². The van der Waals surface area contributed by atoms with E-state index >= 15 is 0 Å². The number of rotatable bonds is 1. The highest BCUT2D eigenvalue weighted by Gasteiger charge is 2.31. The molecule has 19 heavy (non-hydrogen) atoms. The monoisotopic (exact) mass is 251 g/mol. The smallest absolute Gasteiger partial charge is 0.115 e. The zero-order valence-corrected chi connectivity index (χ0v) is 10.8. The Bertz CT molecular complexity index is 610. The number of hydrogen-bond acceptors (Lipinski definition) is 2. The standard InChI is InChI=1S/C17H17NO/c19-15-6-7-16-12(9-15)5-8-17(16)18-10-13-3-1-2-4-14(13)11-18/h1-4,6-7,9,17,19H,5,8,10-11H2. The van der Waals surface area contributed by atoms with E-state index in [0.29, 0.717) is 11.8 Å². The second kappa shape index (κ2) is 4.10. The van der Waals surface area contributed by atoms with Crippen LogP contribution in [0.3, 0.4) is 0 Å². The average molecular weight is 251 g/mol. The van der Waals surface area contributed by atoms with Gasteiger partial charge in [-0.3, -0.25) is 4.90 Å². The lowest BCUT2D eigenvalue weighted by atomic mass is 10.1. The van der Waals surface area contributed by atoms with Crippen molar-refractivity contribution in [2.45, 2.75) is 32.0 Å². The Morgan fingerprint density at radius 3 is 2.42 bits per heavy atom. The molecule has 0 saturated carbocycles. The van der Waals surface area contributed by atoms with Gasteiger partial charge in [-0.15, -0.1) is 0 Å². The molecule has 2 aliphatic rings. The van der Waals surface area contributed by atoms with Gasteiger partial charge in [0.05, 0.1) is 0 Å². The van der Waals surface area contributed by atoms with Crippen molar-refractivity contribution in [3.63, 3.8) is 0 Å². The van der Waals surface area contributed by atoms with Crippen molar-refractivity contribution in [3.8, 4) is 5.75 Å². The first-order chi connectivity index (χ1) is 9.31. The van der Waals surface area contributed by atoms with Gasteiger partial charge in [0.2, 0.25) is 0 Å². The minimum atomic E-state index is 0.393. The van der Waals surface area contributed by atoms with Crippen molar-refractivity contribution >= 4 is 0 Å². The SMILES string of the molecule is Oc1ccc2c(c1)CCC2N1Cc2ccccc2C1. The van der Waals surface area contributed by atoms with Gasteiger partial charge >= 0.3 is 0 Å². The summed E-state index contributed by atoms with van der Waals surface area (Å²) in [6, 6.07) is 15.1. The summed E-state index contributed by atoms with van der Waals surface area (Å²) in [6.45, 7) is 2.11. The predicted octanol–water partition coefficient (Wildman–Crippen LogP) is 3.40. The molecule has 0 fully saturated rings. The Kier molecular flexibility index (Phi) is 2.39. The molecule has 2 heteroatoms. The lowest BCUT2D eigenvalue weighted by molar-refractivity contribution is 0.200. The number of hydrogen-bond donors (Lipinski definition) is 1. The van der Waals surface area contributed by atoms with Crippen LogP contribution >= 0.6 is 0 Å². The van der Waals surface area contributed by atoms with E-state index in [9.17, 15) is 5.11 Å². The van der Waals surface area contributed by atoms with Crippen LogP contribution in [0.2, 0.25) is 0 Å². The molecule has 1 unspecified atom stereocenters. The van der Waals surface area contributed by atoms with Gasteiger partial charge in [0.15, 0.2) is 0 Å². The zero-order chi connectivity index (χ0) is 12.8. The van der Waals surface area contributed by atoms with Crippen LogP contribution in [0, 0.1) is 0 Å². The second-order valence-electron chi connectivity index (χ2n) is 5.61. The quantitative estimate of drug-likeness (QED) is 0.839. The van der Waals surface area contributed by atoms with Crippen molar-refractivity contribution in [3.05, 3.63) is 64.7 Å². The van der Waals surface area contributed by atoms with Crippen molar-refractivity contribution in [2.75, 3.05) is 0 Å². The molecule has 96 valence electrons. The maximum atomic E-state index is 9.58.